The molecule has 2 aliphatic rings. The summed E-state index contributed by atoms with van der Waals surface area (Å²) < 4.78 is 12.0. The van der Waals surface area contributed by atoms with Crippen molar-refractivity contribution >= 4 is 44.3 Å². The van der Waals surface area contributed by atoms with Crippen molar-refractivity contribution in [1.29, 1.82) is 0 Å². The summed E-state index contributed by atoms with van der Waals surface area (Å²) in [5.41, 5.74) is 9.92. The molecule has 0 spiro atoms. The summed E-state index contributed by atoms with van der Waals surface area (Å²) in [7, 11) is 0. The van der Waals surface area contributed by atoms with E-state index in [0.717, 1.165) is 101 Å². The lowest BCUT2D eigenvalue weighted by atomic mass is 9.90. The second-order valence-corrected chi connectivity index (χ2v) is 14.4. The Morgan fingerprint density at radius 2 is 1.34 bits per heavy atom. The molecule has 7 nitrogen and oxygen atoms in total. The van der Waals surface area contributed by atoms with Crippen LogP contribution >= 0.6 is 0 Å². The first kappa shape index (κ1) is 32.5. The number of rotatable bonds is 8. The van der Waals surface area contributed by atoms with Crippen molar-refractivity contribution in [2.45, 2.75) is 59.3 Å². The average Bonchev–Trinajstić information content (AvgIpc) is 3.68. The summed E-state index contributed by atoms with van der Waals surface area (Å²) in [5, 5.41) is 3.50. The molecule has 8 rings (SSSR count). The van der Waals surface area contributed by atoms with E-state index in [2.05, 4.69) is 110 Å². The Bertz CT molecular complexity index is 2200. The maximum absolute atomic E-state index is 6.37. The lowest BCUT2D eigenvalue weighted by molar-refractivity contribution is 0.122. The molecule has 256 valence electrons. The van der Waals surface area contributed by atoms with Crippen LogP contribution in [-0.2, 0) is 4.74 Å². The van der Waals surface area contributed by atoms with Crippen molar-refractivity contribution in [3.05, 3.63) is 83.9 Å². The van der Waals surface area contributed by atoms with Crippen LogP contribution in [0.25, 0.3) is 55.0 Å². The average molecular weight is 666 g/mol. The highest BCUT2D eigenvalue weighted by atomic mass is 16.5. The Morgan fingerprint density at radius 1 is 0.660 bits per heavy atom. The molecule has 0 aliphatic carbocycles. The molecule has 50 heavy (non-hydrogen) atoms. The molecule has 0 N–H and O–H groups in total. The summed E-state index contributed by atoms with van der Waals surface area (Å²) in [6, 6.07) is 26.6. The molecule has 0 amide bonds. The first-order valence-corrected chi connectivity index (χ1v) is 18.4. The van der Waals surface area contributed by atoms with Gasteiger partial charge in [0.2, 0.25) is 5.88 Å². The number of ether oxygens (including phenoxy) is 2. The number of anilines is 2. The maximum atomic E-state index is 6.37. The quantitative estimate of drug-likeness (QED) is 0.160. The molecule has 2 saturated heterocycles. The van der Waals surface area contributed by atoms with E-state index in [1.165, 1.54) is 29.4 Å². The van der Waals surface area contributed by atoms with Gasteiger partial charge in [0.1, 0.15) is 11.6 Å². The monoisotopic (exact) mass is 665 g/mol. The molecule has 0 bridgehead atoms. The molecule has 5 heterocycles. The van der Waals surface area contributed by atoms with E-state index in [1.54, 1.807) is 0 Å². The van der Waals surface area contributed by atoms with Crippen molar-refractivity contribution < 1.29 is 9.47 Å². The van der Waals surface area contributed by atoms with Gasteiger partial charge < -0.3 is 19.3 Å². The molecule has 3 aromatic heterocycles. The first-order chi connectivity index (χ1) is 24.4. The second kappa shape index (κ2) is 13.5. The number of benzene rings is 3. The van der Waals surface area contributed by atoms with Crippen molar-refractivity contribution in [1.82, 2.24) is 15.0 Å². The number of hydrogen-bond donors (Lipinski definition) is 0. The third kappa shape index (κ3) is 6.02. The highest BCUT2D eigenvalue weighted by molar-refractivity contribution is 5.97. The SMILES string of the molecule is CCOc1nc2cc(-c3cc4ccccc4nc3N3CCCC3)cc(C(C)C)c2cc1-c1cc(C(C)C)c2ccc(N3CCOCC3)nc2c1. The highest BCUT2D eigenvalue weighted by Crippen LogP contribution is 2.42. The van der Waals surface area contributed by atoms with Crippen molar-refractivity contribution in [3.63, 3.8) is 0 Å². The fourth-order valence-electron chi connectivity index (χ4n) is 7.71. The zero-order valence-corrected chi connectivity index (χ0v) is 30.0. The number of nitrogens with zero attached hydrogens (tertiary/aromatic N) is 5. The number of pyridine rings is 3. The normalized spacial score (nSPS) is 15.3. The third-order valence-electron chi connectivity index (χ3n) is 10.3. The van der Waals surface area contributed by atoms with Gasteiger partial charge in [-0.15, -0.1) is 0 Å². The number of aromatic nitrogens is 3. The molecule has 3 aromatic carbocycles. The standard InChI is InChI=1S/C43H47N5O2/c1-6-50-43-36(31-23-33(27(2)3)32-13-14-41(44-39(32)25-31)47-17-19-49-20-18-47)26-37-34(28(4)5)22-30(24-40(37)46-43)35-21-29-11-7-8-12-38(29)45-42(35)48-15-9-10-16-48/h7-8,11-14,21-28H,6,9-10,15-20H2,1-5H3. The Morgan fingerprint density at radius 3 is 2.06 bits per heavy atom. The van der Waals surface area contributed by atoms with E-state index in [0.29, 0.717) is 18.4 Å². The predicted octanol–water partition coefficient (Wildman–Crippen LogP) is 9.75. The first-order valence-electron chi connectivity index (χ1n) is 18.4. The lowest BCUT2D eigenvalue weighted by Crippen LogP contribution is -2.36. The number of fused-ring (bicyclic) bond motifs is 3. The predicted molar refractivity (Wildman–Crippen MR) is 207 cm³/mol. The van der Waals surface area contributed by atoms with Gasteiger partial charge in [-0.05, 0) is 102 Å². The smallest absolute Gasteiger partial charge is 0.221 e. The van der Waals surface area contributed by atoms with E-state index in [4.69, 9.17) is 24.4 Å². The van der Waals surface area contributed by atoms with E-state index >= 15 is 0 Å². The minimum absolute atomic E-state index is 0.286. The van der Waals surface area contributed by atoms with Crippen LogP contribution in [0.4, 0.5) is 11.6 Å². The zero-order valence-electron chi connectivity index (χ0n) is 30.0. The Balaban J connectivity index is 1.32. The minimum Gasteiger partial charge on any atom is -0.478 e. The topological polar surface area (TPSA) is 63.6 Å². The van der Waals surface area contributed by atoms with Gasteiger partial charge in [0, 0.05) is 53.5 Å². The van der Waals surface area contributed by atoms with Crippen LogP contribution in [-0.4, -0.2) is 61.0 Å². The molecular weight excluding hydrogens is 619 g/mol. The van der Waals surface area contributed by atoms with Crippen LogP contribution in [0.2, 0.25) is 0 Å². The van der Waals surface area contributed by atoms with Gasteiger partial charge in [-0.25, -0.2) is 15.0 Å². The third-order valence-corrected chi connectivity index (χ3v) is 10.3. The van der Waals surface area contributed by atoms with Gasteiger partial charge in [0.25, 0.3) is 0 Å². The Kier molecular flexibility index (Phi) is 8.77. The molecule has 0 atom stereocenters. The fourth-order valence-corrected chi connectivity index (χ4v) is 7.71. The van der Waals surface area contributed by atoms with Gasteiger partial charge in [-0.2, -0.15) is 0 Å². The van der Waals surface area contributed by atoms with Crippen LogP contribution < -0.4 is 14.5 Å². The summed E-state index contributed by atoms with van der Waals surface area (Å²) in [5.74, 6) is 3.33. The maximum Gasteiger partial charge on any atom is 0.221 e. The summed E-state index contributed by atoms with van der Waals surface area (Å²) in [4.78, 5) is 20.5. The largest absolute Gasteiger partial charge is 0.478 e. The van der Waals surface area contributed by atoms with Crippen LogP contribution in [0.15, 0.2) is 72.8 Å². The number of morpholine rings is 1. The van der Waals surface area contributed by atoms with Crippen LogP contribution in [0.3, 0.4) is 0 Å². The van der Waals surface area contributed by atoms with Crippen LogP contribution in [0.5, 0.6) is 5.88 Å². The van der Waals surface area contributed by atoms with Gasteiger partial charge in [0.15, 0.2) is 0 Å². The highest BCUT2D eigenvalue weighted by Gasteiger charge is 2.23. The van der Waals surface area contributed by atoms with Crippen molar-refractivity contribution in [2.24, 2.45) is 0 Å². The van der Waals surface area contributed by atoms with Gasteiger partial charge in [-0.1, -0.05) is 52.0 Å². The number of para-hydroxylation sites is 1. The molecule has 7 heteroatoms. The molecule has 0 saturated carbocycles. The fraction of sp³-hybridized carbons (Fsp3) is 0.372. The second-order valence-electron chi connectivity index (χ2n) is 14.4. The molecule has 6 aromatic rings. The van der Waals surface area contributed by atoms with E-state index in [1.807, 2.05) is 6.92 Å². The summed E-state index contributed by atoms with van der Waals surface area (Å²) in [6.45, 7) is 16.9. The Hall–Kier alpha value is -4.75. The Labute approximate surface area is 295 Å². The van der Waals surface area contributed by atoms with Gasteiger partial charge in [0.05, 0.1) is 36.4 Å². The minimum atomic E-state index is 0.286. The molecule has 0 unspecified atom stereocenters. The van der Waals surface area contributed by atoms with E-state index in [-0.39, 0.29) is 5.92 Å². The molecule has 0 radical (unpaired) electrons. The van der Waals surface area contributed by atoms with E-state index < -0.39 is 0 Å². The van der Waals surface area contributed by atoms with Crippen molar-refractivity contribution in [2.75, 3.05) is 55.8 Å². The number of hydrogen-bond acceptors (Lipinski definition) is 7. The van der Waals surface area contributed by atoms with Crippen LogP contribution in [0.1, 0.15) is 70.4 Å². The van der Waals surface area contributed by atoms with E-state index in [9.17, 15) is 0 Å². The van der Waals surface area contributed by atoms with Gasteiger partial charge in [-0.3, -0.25) is 0 Å². The van der Waals surface area contributed by atoms with Crippen molar-refractivity contribution in [3.8, 4) is 28.1 Å². The summed E-state index contributed by atoms with van der Waals surface area (Å²) >= 11 is 0. The van der Waals surface area contributed by atoms with Crippen LogP contribution in [0, 0.1) is 0 Å². The molecular formula is C43H47N5O2. The zero-order chi connectivity index (χ0) is 34.4. The van der Waals surface area contributed by atoms with Gasteiger partial charge >= 0.3 is 0 Å². The summed E-state index contributed by atoms with van der Waals surface area (Å²) in [6.07, 6.45) is 2.39. The lowest BCUT2D eigenvalue weighted by Gasteiger charge is -2.28. The molecule has 2 aliphatic heterocycles. The molecule has 2 fully saturated rings.